The third-order valence-corrected chi connectivity index (χ3v) is 15.0. The molecule has 3 nitrogen and oxygen atoms in total. The second-order valence-corrected chi connectivity index (χ2v) is 18.2. The van der Waals surface area contributed by atoms with Gasteiger partial charge in [-0.15, -0.1) is 0 Å². The summed E-state index contributed by atoms with van der Waals surface area (Å²) >= 11 is 0. The van der Waals surface area contributed by atoms with Crippen LogP contribution in [0.25, 0.3) is 33.4 Å². The molecular weight excluding hydrogens is 787 g/mol. The average Bonchev–Trinajstić information content (AvgIpc) is 4.06. The Labute approximate surface area is 380 Å². The van der Waals surface area contributed by atoms with Crippen molar-refractivity contribution >= 4 is 0 Å². The van der Waals surface area contributed by atoms with Crippen molar-refractivity contribution in [3.63, 3.8) is 0 Å². The van der Waals surface area contributed by atoms with Crippen molar-refractivity contribution in [2.24, 2.45) is 7.05 Å². The molecule has 308 valence electrons. The number of hydrogen-bond donors (Lipinski definition) is 0. The van der Waals surface area contributed by atoms with Crippen molar-refractivity contribution in [2.45, 2.75) is 30.2 Å². The molecule has 2 heterocycles. The smallest absolute Gasteiger partial charge is 0.205 e. The zero-order valence-electron chi connectivity index (χ0n) is 36.6. The number of aryl methyl sites for hydroxylation is 3. The highest BCUT2D eigenvalue weighted by Gasteiger charge is 2.52. The fraction of sp³-hybridized carbons (Fsp3) is 0.0968. The molecule has 3 heteroatoms. The van der Waals surface area contributed by atoms with Crippen LogP contribution in [-0.4, -0.2) is 9.55 Å². The van der Waals surface area contributed by atoms with Crippen LogP contribution in [0.5, 0.6) is 0 Å². The van der Waals surface area contributed by atoms with E-state index in [2.05, 4.69) is 249 Å². The van der Waals surface area contributed by atoms with E-state index in [9.17, 15) is 0 Å². The first-order valence-corrected chi connectivity index (χ1v) is 22.7. The molecule has 13 rings (SSSR count). The second-order valence-electron chi connectivity index (χ2n) is 18.2. The normalized spacial score (nSPS) is 15.1. The van der Waals surface area contributed by atoms with Crippen LogP contribution in [0.1, 0.15) is 72.6 Å². The minimum atomic E-state index is -0.686. The van der Waals surface area contributed by atoms with E-state index in [-0.39, 0.29) is 0 Å². The van der Waals surface area contributed by atoms with Gasteiger partial charge in [-0.25, -0.2) is 0 Å². The zero-order valence-corrected chi connectivity index (χ0v) is 36.6. The molecule has 0 saturated carbocycles. The summed E-state index contributed by atoms with van der Waals surface area (Å²) in [6.07, 6.45) is 8.02. The van der Waals surface area contributed by atoms with Gasteiger partial charge in [0.15, 0.2) is 5.54 Å². The number of hydrogen-bond acceptors (Lipinski definition) is 1. The maximum Gasteiger partial charge on any atom is 0.205 e. The maximum absolute atomic E-state index is 5.27. The van der Waals surface area contributed by atoms with Crippen LogP contribution in [0.3, 0.4) is 0 Å². The number of nitrogens with zero attached hydrogens (tertiary/aromatic N) is 3. The molecule has 0 amide bonds. The van der Waals surface area contributed by atoms with Gasteiger partial charge in [-0.1, -0.05) is 195 Å². The largest absolute Gasteiger partial charge is 0.351 e. The van der Waals surface area contributed by atoms with Gasteiger partial charge in [0.2, 0.25) is 6.33 Å². The summed E-state index contributed by atoms with van der Waals surface area (Å²) in [5, 5.41) is 0. The van der Waals surface area contributed by atoms with E-state index in [4.69, 9.17) is 4.98 Å². The van der Waals surface area contributed by atoms with Gasteiger partial charge in [0.05, 0.1) is 23.6 Å². The van der Waals surface area contributed by atoms with Gasteiger partial charge in [0.25, 0.3) is 0 Å². The molecule has 0 atom stereocenters. The van der Waals surface area contributed by atoms with E-state index in [1.54, 1.807) is 0 Å². The lowest BCUT2D eigenvalue weighted by Gasteiger charge is -2.38. The Morgan fingerprint density at radius 1 is 0.415 bits per heavy atom. The van der Waals surface area contributed by atoms with Crippen LogP contribution in [0.2, 0.25) is 0 Å². The van der Waals surface area contributed by atoms with Crippen molar-refractivity contribution in [1.29, 1.82) is 0 Å². The van der Waals surface area contributed by atoms with E-state index in [1.165, 1.54) is 94.6 Å². The predicted molar refractivity (Wildman–Crippen MR) is 260 cm³/mol. The number of imidazole rings is 1. The maximum atomic E-state index is 5.27. The van der Waals surface area contributed by atoms with Crippen LogP contribution in [0.4, 0.5) is 0 Å². The fourth-order valence-corrected chi connectivity index (χ4v) is 12.3. The Bertz CT molecular complexity index is 3410. The van der Waals surface area contributed by atoms with Gasteiger partial charge in [-0.05, 0) is 115 Å². The molecule has 10 aromatic rings. The quantitative estimate of drug-likeness (QED) is 0.121. The van der Waals surface area contributed by atoms with Crippen molar-refractivity contribution in [1.82, 2.24) is 9.55 Å². The third kappa shape index (κ3) is 4.85. The van der Waals surface area contributed by atoms with Gasteiger partial charge < -0.3 is 9.13 Å². The Kier molecular flexibility index (Phi) is 8.00. The minimum absolute atomic E-state index is 0.658. The Morgan fingerprint density at radius 3 is 1.25 bits per heavy atom. The first-order chi connectivity index (χ1) is 32.0. The summed E-state index contributed by atoms with van der Waals surface area (Å²) in [5.74, 6) is 0. The lowest BCUT2D eigenvalue weighted by atomic mass is 9.64. The van der Waals surface area contributed by atoms with Crippen molar-refractivity contribution < 1.29 is 4.57 Å². The molecule has 65 heavy (non-hydrogen) atoms. The van der Waals surface area contributed by atoms with E-state index < -0.39 is 16.4 Å². The summed E-state index contributed by atoms with van der Waals surface area (Å²) in [4.78, 5) is 5.27. The van der Waals surface area contributed by atoms with Crippen molar-refractivity contribution in [2.75, 3.05) is 0 Å². The van der Waals surface area contributed by atoms with Crippen LogP contribution in [0.15, 0.2) is 219 Å². The molecule has 0 N–H and O–H groups in total. The van der Waals surface area contributed by atoms with Gasteiger partial charge in [0.1, 0.15) is 0 Å². The summed E-state index contributed by atoms with van der Waals surface area (Å²) in [5.41, 5.74) is 21.3. The first kappa shape index (κ1) is 37.7. The molecule has 3 aliphatic rings. The van der Waals surface area contributed by atoms with E-state index in [0.29, 0.717) is 0 Å². The summed E-state index contributed by atoms with van der Waals surface area (Å²) < 4.78 is 4.45. The number of rotatable bonds is 6. The van der Waals surface area contributed by atoms with E-state index in [1.807, 2.05) is 6.20 Å². The Morgan fingerprint density at radius 2 is 0.800 bits per heavy atom. The Balaban J connectivity index is 1.14. The summed E-state index contributed by atoms with van der Waals surface area (Å²) in [6.45, 7) is 4.34. The Hall–Kier alpha value is -7.88. The van der Waals surface area contributed by atoms with Crippen molar-refractivity contribution in [3.05, 3.63) is 298 Å². The molecule has 2 aromatic heterocycles. The minimum Gasteiger partial charge on any atom is -0.351 e. The van der Waals surface area contributed by atoms with Crippen LogP contribution < -0.4 is 4.57 Å². The molecule has 3 aliphatic carbocycles. The second kappa shape index (κ2) is 13.8. The first-order valence-electron chi connectivity index (χ1n) is 22.7. The van der Waals surface area contributed by atoms with Crippen LogP contribution in [-0.2, 0) is 23.4 Å². The average molecular weight is 832 g/mol. The number of pyridine rings is 1. The zero-order chi connectivity index (χ0) is 43.5. The predicted octanol–water partition coefficient (Wildman–Crippen LogP) is 12.7. The lowest BCUT2D eigenvalue weighted by molar-refractivity contribution is -0.681. The standard InChI is InChI=1S/C62H45N3/c1-41-34-35-63-59(36-41)61(55-30-12-6-24-49(55)50-25-7-13-31-56(50)61)45-20-16-18-43(37-45)60(53-28-10-4-22-47(53)48-23-5-11-29-54(48)60)44-19-17-21-46(38-44)62(65-39-42(2)64(3)40-65)57-32-14-8-26-51(57)52-27-9-15-33-58(52)62/h4-39H,1-3H3. The lowest BCUT2D eigenvalue weighted by Crippen LogP contribution is -2.38. The summed E-state index contributed by atoms with van der Waals surface area (Å²) in [7, 11) is 2.09. The van der Waals surface area contributed by atoms with Gasteiger partial charge in [-0.3, -0.25) is 4.98 Å². The molecule has 0 spiro atoms. The third-order valence-electron chi connectivity index (χ3n) is 15.0. The number of benzene rings is 8. The van der Waals surface area contributed by atoms with Gasteiger partial charge in [-0.2, -0.15) is 0 Å². The molecule has 0 radical (unpaired) electrons. The van der Waals surface area contributed by atoms with Crippen LogP contribution >= 0.6 is 0 Å². The molecule has 8 aromatic carbocycles. The molecule has 0 bridgehead atoms. The highest BCUT2D eigenvalue weighted by molar-refractivity contribution is 5.89. The molecule has 0 unspecified atom stereocenters. The SMILES string of the molecule is Cc1ccnc(C2(c3cccc(C4(c5cccc(C6(n7[c-][n+](C)c(C)c7)c7ccccc7-c7ccccc76)c5)c5ccccc5-c5ccccc54)c3)c3ccccc3-c3ccccc32)c1. The molecular formula is C62H45N3. The van der Waals surface area contributed by atoms with E-state index >= 15 is 0 Å². The topological polar surface area (TPSA) is 21.7 Å². The summed E-state index contributed by atoms with van der Waals surface area (Å²) in [6, 6.07) is 77.5. The highest BCUT2D eigenvalue weighted by atomic mass is 15.2. The molecule has 0 aliphatic heterocycles. The van der Waals surface area contributed by atoms with Crippen molar-refractivity contribution in [3.8, 4) is 33.4 Å². The monoisotopic (exact) mass is 831 g/mol. The molecule has 0 saturated heterocycles. The highest BCUT2D eigenvalue weighted by Crippen LogP contribution is 2.60. The molecule has 0 fully saturated rings. The van der Waals surface area contributed by atoms with Gasteiger partial charge >= 0.3 is 0 Å². The van der Waals surface area contributed by atoms with E-state index in [0.717, 1.165) is 11.4 Å². The number of fused-ring (bicyclic) bond motifs is 9. The fourth-order valence-electron chi connectivity index (χ4n) is 12.3. The van der Waals surface area contributed by atoms with Crippen LogP contribution in [0, 0.1) is 20.2 Å². The van der Waals surface area contributed by atoms with Gasteiger partial charge in [0, 0.05) is 22.9 Å². The number of aromatic nitrogens is 3.